The molecule has 0 atom stereocenters. The number of carboxylic acid groups (broad SMARTS) is 1. The predicted octanol–water partition coefficient (Wildman–Crippen LogP) is 1.35. The van der Waals surface area contributed by atoms with E-state index in [1.165, 1.54) is 18.2 Å². The third kappa shape index (κ3) is 2.51. The zero-order valence-corrected chi connectivity index (χ0v) is 8.98. The number of hydrogen-bond acceptors (Lipinski definition) is 4. The van der Waals surface area contributed by atoms with E-state index in [4.69, 9.17) is 5.11 Å². The molecule has 0 amide bonds. The SMILES string of the molecule is O=C(O)c1cc(Nc2cccc(F)c2)n[nH]c1=O. The average molecular weight is 249 g/mol. The number of hydrogen-bond donors (Lipinski definition) is 3. The summed E-state index contributed by atoms with van der Waals surface area (Å²) in [6, 6.07) is 6.63. The number of H-pyrrole nitrogens is 1. The Morgan fingerprint density at radius 2 is 2.17 bits per heavy atom. The van der Waals surface area contributed by atoms with Crippen LogP contribution in [0.25, 0.3) is 0 Å². The summed E-state index contributed by atoms with van der Waals surface area (Å²) in [4.78, 5) is 21.9. The van der Waals surface area contributed by atoms with E-state index in [2.05, 4.69) is 10.4 Å². The van der Waals surface area contributed by atoms with Crippen LogP contribution >= 0.6 is 0 Å². The molecule has 1 aromatic carbocycles. The summed E-state index contributed by atoms with van der Waals surface area (Å²) in [6.45, 7) is 0. The van der Waals surface area contributed by atoms with Crippen molar-refractivity contribution in [2.75, 3.05) is 5.32 Å². The molecular weight excluding hydrogens is 241 g/mol. The number of benzene rings is 1. The Morgan fingerprint density at radius 3 is 2.83 bits per heavy atom. The number of aromatic nitrogens is 2. The highest BCUT2D eigenvalue weighted by Gasteiger charge is 2.10. The number of nitrogens with zero attached hydrogens (tertiary/aromatic N) is 1. The monoisotopic (exact) mass is 249 g/mol. The van der Waals surface area contributed by atoms with Crippen LogP contribution in [0.5, 0.6) is 0 Å². The summed E-state index contributed by atoms with van der Waals surface area (Å²) in [6.07, 6.45) is 0. The van der Waals surface area contributed by atoms with E-state index in [0.717, 1.165) is 6.07 Å². The first kappa shape index (κ1) is 11.8. The Balaban J connectivity index is 2.33. The van der Waals surface area contributed by atoms with Gasteiger partial charge in [-0.3, -0.25) is 4.79 Å². The molecule has 0 radical (unpaired) electrons. The second-order valence-corrected chi connectivity index (χ2v) is 3.44. The van der Waals surface area contributed by atoms with Gasteiger partial charge in [0.25, 0.3) is 5.56 Å². The summed E-state index contributed by atoms with van der Waals surface area (Å²) in [5.41, 5.74) is -0.845. The van der Waals surface area contributed by atoms with Gasteiger partial charge in [0.15, 0.2) is 5.82 Å². The number of carbonyl (C=O) groups is 1. The van der Waals surface area contributed by atoms with Crippen LogP contribution in [0.1, 0.15) is 10.4 Å². The van der Waals surface area contributed by atoms with Crippen molar-refractivity contribution in [2.45, 2.75) is 0 Å². The fraction of sp³-hybridized carbons (Fsp3) is 0. The van der Waals surface area contributed by atoms with Crippen LogP contribution in [0, 0.1) is 5.82 Å². The van der Waals surface area contributed by atoms with Gasteiger partial charge < -0.3 is 10.4 Å². The molecule has 0 saturated heterocycles. The highest BCUT2D eigenvalue weighted by molar-refractivity contribution is 5.88. The fourth-order valence-corrected chi connectivity index (χ4v) is 1.34. The highest BCUT2D eigenvalue weighted by atomic mass is 19.1. The maximum Gasteiger partial charge on any atom is 0.341 e. The summed E-state index contributed by atoms with van der Waals surface area (Å²) >= 11 is 0. The fourth-order valence-electron chi connectivity index (χ4n) is 1.34. The molecule has 0 aliphatic heterocycles. The Hall–Kier alpha value is -2.70. The Morgan fingerprint density at radius 1 is 1.39 bits per heavy atom. The lowest BCUT2D eigenvalue weighted by Crippen LogP contribution is -2.19. The minimum absolute atomic E-state index is 0.109. The van der Waals surface area contributed by atoms with Gasteiger partial charge in [0, 0.05) is 11.8 Å². The number of halogens is 1. The summed E-state index contributed by atoms with van der Waals surface area (Å²) < 4.78 is 12.9. The summed E-state index contributed by atoms with van der Waals surface area (Å²) in [7, 11) is 0. The van der Waals surface area contributed by atoms with Crippen molar-refractivity contribution in [3.63, 3.8) is 0 Å². The number of anilines is 2. The van der Waals surface area contributed by atoms with Gasteiger partial charge >= 0.3 is 5.97 Å². The molecule has 0 aliphatic carbocycles. The molecule has 2 rings (SSSR count). The standard InChI is InChI=1S/C11H8FN3O3/c12-6-2-1-3-7(4-6)13-9-5-8(11(17)18)10(16)15-14-9/h1-5H,(H,13,14)(H,15,16)(H,17,18). The average Bonchev–Trinajstić information content (AvgIpc) is 2.31. The van der Waals surface area contributed by atoms with Crippen LogP contribution in [0.4, 0.5) is 15.9 Å². The van der Waals surface area contributed by atoms with Gasteiger partial charge in [-0.1, -0.05) is 6.07 Å². The molecule has 0 saturated carbocycles. The van der Waals surface area contributed by atoms with Gasteiger partial charge in [-0.15, -0.1) is 0 Å². The van der Waals surface area contributed by atoms with Gasteiger partial charge in [0.2, 0.25) is 0 Å². The number of aromatic carboxylic acids is 1. The Bertz CT molecular complexity index is 654. The van der Waals surface area contributed by atoms with Gasteiger partial charge in [0.1, 0.15) is 11.4 Å². The third-order valence-electron chi connectivity index (χ3n) is 2.13. The number of carboxylic acids is 1. The molecule has 0 aliphatic rings. The topological polar surface area (TPSA) is 95.1 Å². The van der Waals surface area contributed by atoms with Crippen molar-refractivity contribution in [1.29, 1.82) is 0 Å². The van der Waals surface area contributed by atoms with E-state index in [1.54, 1.807) is 6.07 Å². The number of rotatable bonds is 3. The van der Waals surface area contributed by atoms with Crippen molar-refractivity contribution >= 4 is 17.5 Å². The van der Waals surface area contributed by atoms with Crippen LogP contribution in [-0.2, 0) is 0 Å². The molecule has 1 aromatic heterocycles. The van der Waals surface area contributed by atoms with E-state index in [1.807, 2.05) is 5.10 Å². The van der Waals surface area contributed by atoms with Crippen LogP contribution in [0.15, 0.2) is 35.1 Å². The second kappa shape index (κ2) is 4.66. The van der Waals surface area contributed by atoms with E-state index < -0.39 is 22.9 Å². The first-order valence-electron chi connectivity index (χ1n) is 4.92. The first-order chi connectivity index (χ1) is 8.56. The maximum atomic E-state index is 12.9. The highest BCUT2D eigenvalue weighted by Crippen LogP contribution is 2.14. The third-order valence-corrected chi connectivity index (χ3v) is 2.13. The molecule has 7 heteroatoms. The smallest absolute Gasteiger partial charge is 0.341 e. The minimum Gasteiger partial charge on any atom is -0.477 e. The lowest BCUT2D eigenvalue weighted by Gasteiger charge is -2.05. The van der Waals surface area contributed by atoms with E-state index in [9.17, 15) is 14.0 Å². The number of aromatic amines is 1. The molecule has 0 spiro atoms. The molecule has 1 heterocycles. The molecule has 0 bridgehead atoms. The van der Waals surface area contributed by atoms with Crippen molar-refractivity contribution in [3.8, 4) is 0 Å². The van der Waals surface area contributed by atoms with Gasteiger partial charge in [-0.2, -0.15) is 5.10 Å². The molecule has 6 nitrogen and oxygen atoms in total. The lowest BCUT2D eigenvalue weighted by atomic mass is 10.3. The van der Waals surface area contributed by atoms with Crippen LogP contribution in [0.3, 0.4) is 0 Å². The summed E-state index contributed by atoms with van der Waals surface area (Å²) in [5.74, 6) is -1.69. The molecule has 3 N–H and O–H groups in total. The maximum absolute atomic E-state index is 12.9. The van der Waals surface area contributed by atoms with Crippen molar-refractivity contribution in [1.82, 2.24) is 10.2 Å². The van der Waals surface area contributed by atoms with Crippen molar-refractivity contribution in [2.24, 2.45) is 0 Å². The Labute approximate surface area is 100 Å². The lowest BCUT2D eigenvalue weighted by molar-refractivity contribution is 0.0694. The van der Waals surface area contributed by atoms with E-state index in [0.29, 0.717) is 5.69 Å². The number of nitrogens with one attached hydrogen (secondary N) is 2. The second-order valence-electron chi connectivity index (χ2n) is 3.44. The van der Waals surface area contributed by atoms with Crippen molar-refractivity contribution in [3.05, 3.63) is 52.1 Å². The molecule has 0 fully saturated rings. The van der Waals surface area contributed by atoms with Gasteiger partial charge in [0.05, 0.1) is 0 Å². The minimum atomic E-state index is -1.36. The normalized spacial score (nSPS) is 10.1. The van der Waals surface area contributed by atoms with Crippen LogP contribution in [0.2, 0.25) is 0 Å². The largest absolute Gasteiger partial charge is 0.477 e. The summed E-state index contributed by atoms with van der Waals surface area (Å²) in [5, 5.41) is 17.1. The quantitative estimate of drug-likeness (QED) is 0.763. The van der Waals surface area contributed by atoms with E-state index >= 15 is 0 Å². The van der Waals surface area contributed by atoms with Crippen LogP contribution in [-0.4, -0.2) is 21.3 Å². The predicted molar refractivity (Wildman–Crippen MR) is 61.5 cm³/mol. The van der Waals surface area contributed by atoms with E-state index in [-0.39, 0.29) is 5.82 Å². The van der Waals surface area contributed by atoms with Gasteiger partial charge in [-0.05, 0) is 18.2 Å². The van der Waals surface area contributed by atoms with Crippen molar-refractivity contribution < 1.29 is 14.3 Å². The Kier molecular flexibility index (Phi) is 3.05. The zero-order valence-electron chi connectivity index (χ0n) is 8.98. The zero-order chi connectivity index (χ0) is 13.1. The van der Waals surface area contributed by atoms with Crippen LogP contribution < -0.4 is 10.9 Å². The molecule has 0 unspecified atom stereocenters. The molecule has 18 heavy (non-hydrogen) atoms. The molecular formula is C11H8FN3O3. The molecule has 2 aromatic rings. The van der Waals surface area contributed by atoms with Gasteiger partial charge in [-0.25, -0.2) is 14.3 Å². The molecule has 92 valence electrons. The first-order valence-corrected chi connectivity index (χ1v) is 4.92.